The Balaban J connectivity index is 2.12. The van der Waals surface area contributed by atoms with Gasteiger partial charge in [0.15, 0.2) is 0 Å². The van der Waals surface area contributed by atoms with Gasteiger partial charge in [-0.05, 0) is 35.6 Å². The Bertz CT molecular complexity index is 357. The Morgan fingerprint density at radius 3 is 3.19 bits per heavy atom. The number of ether oxygens (including phenoxy) is 1. The Morgan fingerprint density at radius 2 is 2.44 bits per heavy atom. The summed E-state index contributed by atoms with van der Waals surface area (Å²) in [5.74, 6) is 7.75. The normalized spacial score (nSPS) is 15.6. The van der Waals surface area contributed by atoms with Crippen molar-refractivity contribution in [3.8, 4) is 5.75 Å². The maximum atomic E-state index is 5.60. The van der Waals surface area contributed by atoms with Crippen molar-refractivity contribution in [2.75, 3.05) is 18.6 Å². The first-order valence-corrected chi connectivity index (χ1v) is 6.95. The summed E-state index contributed by atoms with van der Waals surface area (Å²) < 4.78 is 5.49. The van der Waals surface area contributed by atoms with Crippen LogP contribution < -0.4 is 16.0 Å². The highest BCUT2D eigenvalue weighted by molar-refractivity contribution is 7.98. The monoisotopic (exact) mass is 238 g/mol. The number of thioether (sulfide) groups is 1. The summed E-state index contributed by atoms with van der Waals surface area (Å²) in [6.45, 7) is 0.810. The molecule has 1 aromatic rings. The van der Waals surface area contributed by atoms with Gasteiger partial charge < -0.3 is 4.74 Å². The average Bonchev–Trinajstić information content (AvgIpc) is 2.77. The molecule has 1 aromatic carbocycles. The van der Waals surface area contributed by atoms with E-state index in [9.17, 15) is 0 Å². The molecular formula is C12H18N2OS. The topological polar surface area (TPSA) is 47.3 Å². The zero-order valence-electron chi connectivity index (χ0n) is 9.53. The highest BCUT2D eigenvalue weighted by Gasteiger charge is 2.15. The zero-order valence-corrected chi connectivity index (χ0v) is 10.3. The molecule has 0 aromatic heterocycles. The molecule has 0 saturated heterocycles. The van der Waals surface area contributed by atoms with Crippen molar-refractivity contribution in [3.05, 3.63) is 29.3 Å². The molecule has 0 amide bonds. The second-order valence-electron chi connectivity index (χ2n) is 3.97. The maximum absolute atomic E-state index is 5.60. The van der Waals surface area contributed by atoms with Gasteiger partial charge in [0.05, 0.1) is 6.61 Å². The smallest absolute Gasteiger partial charge is 0.122 e. The van der Waals surface area contributed by atoms with E-state index in [-0.39, 0.29) is 6.04 Å². The van der Waals surface area contributed by atoms with Gasteiger partial charge in [0.25, 0.3) is 0 Å². The van der Waals surface area contributed by atoms with Crippen LogP contribution in [0.15, 0.2) is 18.2 Å². The average molecular weight is 238 g/mol. The first-order chi connectivity index (χ1) is 7.85. The van der Waals surface area contributed by atoms with Crippen molar-refractivity contribution in [1.82, 2.24) is 5.43 Å². The van der Waals surface area contributed by atoms with Gasteiger partial charge >= 0.3 is 0 Å². The molecular weight excluding hydrogens is 220 g/mol. The van der Waals surface area contributed by atoms with E-state index in [0.717, 1.165) is 31.0 Å². The fraction of sp³-hybridized carbons (Fsp3) is 0.500. The number of nitrogens with one attached hydrogen (secondary N) is 1. The predicted molar refractivity (Wildman–Crippen MR) is 68.7 cm³/mol. The molecule has 0 spiro atoms. The molecule has 0 saturated carbocycles. The van der Waals surface area contributed by atoms with Crippen LogP contribution in [-0.2, 0) is 6.42 Å². The third kappa shape index (κ3) is 2.51. The van der Waals surface area contributed by atoms with Gasteiger partial charge in [-0.1, -0.05) is 12.1 Å². The van der Waals surface area contributed by atoms with Gasteiger partial charge in [-0.15, -0.1) is 0 Å². The van der Waals surface area contributed by atoms with Crippen molar-refractivity contribution in [1.29, 1.82) is 0 Å². The van der Waals surface area contributed by atoms with Gasteiger partial charge in [0.1, 0.15) is 5.75 Å². The van der Waals surface area contributed by atoms with Crippen molar-refractivity contribution >= 4 is 11.8 Å². The molecule has 1 unspecified atom stereocenters. The third-order valence-corrected chi connectivity index (χ3v) is 3.57. The molecule has 2 rings (SSSR count). The number of nitrogens with two attached hydrogens (primary N) is 1. The lowest BCUT2D eigenvalue weighted by Crippen LogP contribution is -2.28. The lowest BCUT2D eigenvalue weighted by molar-refractivity contribution is 0.356. The van der Waals surface area contributed by atoms with Crippen LogP contribution in [0.2, 0.25) is 0 Å². The van der Waals surface area contributed by atoms with Gasteiger partial charge in [0.2, 0.25) is 0 Å². The van der Waals surface area contributed by atoms with E-state index in [2.05, 4.69) is 29.9 Å². The molecule has 1 aliphatic heterocycles. The van der Waals surface area contributed by atoms with Crippen LogP contribution in [0.1, 0.15) is 23.6 Å². The fourth-order valence-corrected chi connectivity index (χ4v) is 2.48. The van der Waals surface area contributed by atoms with Crippen molar-refractivity contribution in [3.63, 3.8) is 0 Å². The summed E-state index contributed by atoms with van der Waals surface area (Å²) in [5, 5.41) is 0. The van der Waals surface area contributed by atoms with E-state index in [1.807, 2.05) is 11.8 Å². The number of rotatable bonds is 5. The number of benzene rings is 1. The summed E-state index contributed by atoms with van der Waals surface area (Å²) in [6.07, 6.45) is 4.18. The molecule has 4 heteroatoms. The molecule has 0 radical (unpaired) electrons. The van der Waals surface area contributed by atoms with E-state index in [1.165, 1.54) is 11.1 Å². The van der Waals surface area contributed by atoms with Crippen molar-refractivity contribution in [2.24, 2.45) is 5.84 Å². The number of hydrogen-bond acceptors (Lipinski definition) is 4. The molecule has 0 aliphatic carbocycles. The third-order valence-electron chi connectivity index (χ3n) is 2.93. The second-order valence-corrected chi connectivity index (χ2v) is 4.95. The summed E-state index contributed by atoms with van der Waals surface area (Å²) in [6, 6.07) is 6.63. The van der Waals surface area contributed by atoms with Crippen LogP contribution >= 0.6 is 11.8 Å². The number of fused-ring (bicyclic) bond motifs is 1. The highest BCUT2D eigenvalue weighted by Crippen LogP contribution is 2.29. The largest absolute Gasteiger partial charge is 0.493 e. The second kappa shape index (κ2) is 5.57. The molecule has 0 fully saturated rings. The predicted octanol–water partition coefficient (Wildman–Crippen LogP) is 1.88. The summed E-state index contributed by atoms with van der Waals surface area (Å²) >= 11 is 1.85. The zero-order chi connectivity index (χ0) is 11.4. The van der Waals surface area contributed by atoms with E-state index >= 15 is 0 Å². The standard InChI is InChI=1S/C12H18N2OS/c1-16-7-5-11(14-13)9-2-3-12-10(8-9)4-6-15-12/h2-3,8,11,14H,4-7,13H2,1H3. The minimum Gasteiger partial charge on any atom is -0.493 e. The van der Waals surface area contributed by atoms with Gasteiger partial charge in [-0.2, -0.15) is 11.8 Å². The lowest BCUT2D eigenvalue weighted by atomic mass is 10.0. The lowest BCUT2D eigenvalue weighted by Gasteiger charge is -2.16. The first-order valence-electron chi connectivity index (χ1n) is 5.56. The van der Waals surface area contributed by atoms with E-state index in [4.69, 9.17) is 10.6 Å². The van der Waals surface area contributed by atoms with Crippen LogP contribution in [0.3, 0.4) is 0 Å². The Labute approximate surface area is 101 Å². The number of hydrazine groups is 1. The maximum Gasteiger partial charge on any atom is 0.122 e. The molecule has 1 atom stereocenters. The van der Waals surface area contributed by atoms with E-state index in [1.54, 1.807) is 0 Å². The van der Waals surface area contributed by atoms with Gasteiger partial charge in [-0.3, -0.25) is 11.3 Å². The van der Waals surface area contributed by atoms with E-state index < -0.39 is 0 Å². The van der Waals surface area contributed by atoms with Gasteiger partial charge in [0, 0.05) is 12.5 Å². The molecule has 1 heterocycles. The van der Waals surface area contributed by atoms with Crippen molar-refractivity contribution in [2.45, 2.75) is 18.9 Å². The van der Waals surface area contributed by atoms with Crippen LogP contribution in [0.5, 0.6) is 5.75 Å². The molecule has 88 valence electrons. The summed E-state index contributed by atoms with van der Waals surface area (Å²) in [7, 11) is 0. The number of hydrogen-bond donors (Lipinski definition) is 2. The molecule has 3 N–H and O–H groups in total. The van der Waals surface area contributed by atoms with Gasteiger partial charge in [-0.25, -0.2) is 0 Å². The quantitative estimate of drug-likeness (QED) is 0.607. The minimum atomic E-state index is 0.248. The van der Waals surface area contributed by atoms with Crippen LogP contribution in [0.4, 0.5) is 0 Å². The Morgan fingerprint density at radius 1 is 1.56 bits per heavy atom. The molecule has 1 aliphatic rings. The summed E-state index contributed by atoms with van der Waals surface area (Å²) in [4.78, 5) is 0. The summed E-state index contributed by atoms with van der Waals surface area (Å²) in [5.41, 5.74) is 5.46. The first kappa shape index (κ1) is 11.8. The molecule has 0 bridgehead atoms. The Hall–Kier alpha value is -0.710. The van der Waals surface area contributed by atoms with Crippen LogP contribution in [0.25, 0.3) is 0 Å². The minimum absolute atomic E-state index is 0.248. The van der Waals surface area contributed by atoms with Crippen molar-refractivity contribution < 1.29 is 4.74 Å². The SMILES string of the molecule is CSCCC(NN)c1ccc2c(c1)CCO2. The molecule has 16 heavy (non-hydrogen) atoms. The van der Waals surface area contributed by atoms with Crippen LogP contribution in [-0.4, -0.2) is 18.6 Å². The molecule has 3 nitrogen and oxygen atoms in total. The highest BCUT2D eigenvalue weighted by atomic mass is 32.2. The fourth-order valence-electron chi connectivity index (χ4n) is 2.01. The van der Waals surface area contributed by atoms with Crippen LogP contribution in [0, 0.1) is 0 Å². The Kier molecular flexibility index (Phi) is 4.09. The van der Waals surface area contributed by atoms with E-state index in [0.29, 0.717) is 0 Å².